The number of rotatable bonds is 3. The highest BCUT2D eigenvalue weighted by Crippen LogP contribution is 2.20. The lowest BCUT2D eigenvalue weighted by molar-refractivity contribution is 0.0741. The molecule has 2 aliphatic heterocycles. The van der Waals surface area contributed by atoms with Gasteiger partial charge in [-0.05, 0) is 32.3 Å². The summed E-state index contributed by atoms with van der Waals surface area (Å²) in [5, 5.41) is 0. The molecule has 0 saturated carbocycles. The fraction of sp³-hybridized carbons (Fsp3) is 0.667. The number of carbonyl (C=O) groups excluding carboxylic acids is 1. The molecule has 2 fully saturated rings. The van der Waals surface area contributed by atoms with E-state index in [2.05, 4.69) is 14.9 Å². The van der Waals surface area contributed by atoms with Crippen LogP contribution >= 0.6 is 0 Å². The lowest BCUT2D eigenvalue weighted by Crippen LogP contribution is -2.38. The van der Waals surface area contributed by atoms with Crippen LogP contribution in [0.15, 0.2) is 6.07 Å². The monoisotopic (exact) mass is 338 g/mol. The highest BCUT2D eigenvalue weighted by molar-refractivity contribution is 7.91. The first-order chi connectivity index (χ1) is 10.9. The summed E-state index contributed by atoms with van der Waals surface area (Å²) >= 11 is 0. The zero-order chi connectivity index (χ0) is 16.6. The van der Waals surface area contributed by atoms with Gasteiger partial charge in [0, 0.05) is 31.9 Å². The van der Waals surface area contributed by atoms with E-state index < -0.39 is 9.84 Å². The number of hydrogen-bond acceptors (Lipinski definition) is 6. The first-order valence-electron chi connectivity index (χ1n) is 7.94. The molecular weight excluding hydrogens is 316 g/mol. The van der Waals surface area contributed by atoms with E-state index >= 15 is 0 Å². The summed E-state index contributed by atoms with van der Waals surface area (Å²) in [7, 11) is -1.37. The summed E-state index contributed by atoms with van der Waals surface area (Å²) in [6.07, 6.45) is 2.72. The first-order valence-corrected chi connectivity index (χ1v) is 9.76. The Morgan fingerprint density at radius 1 is 1.30 bits per heavy atom. The molecular formula is C15H22N4O3S. The predicted molar refractivity (Wildman–Crippen MR) is 87.4 cm³/mol. The molecule has 126 valence electrons. The fourth-order valence-corrected chi connectivity index (χ4v) is 4.92. The molecule has 3 heterocycles. The van der Waals surface area contributed by atoms with Gasteiger partial charge in [0.05, 0.1) is 11.5 Å². The van der Waals surface area contributed by atoms with Gasteiger partial charge in [-0.3, -0.25) is 4.79 Å². The van der Waals surface area contributed by atoms with Crippen molar-refractivity contribution in [3.8, 4) is 0 Å². The molecule has 1 aromatic heterocycles. The molecule has 7 nitrogen and oxygen atoms in total. The predicted octanol–water partition coefficient (Wildman–Crippen LogP) is 0.644. The van der Waals surface area contributed by atoms with Crippen molar-refractivity contribution in [3.05, 3.63) is 17.5 Å². The Hall–Kier alpha value is -1.70. The molecule has 3 rings (SSSR count). The third-order valence-electron chi connectivity index (χ3n) is 4.53. The lowest BCUT2D eigenvalue weighted by Gasteiger charge is -2.24. The lowest BCUT2D eigenvalue weighted by atomic mass is 10.2. The zero-order valence-electron chi connectivity index (χ0n) is 13.5. The number of carbonyl (C=O) groups is 1. The summed E-state index contributed by atoms with van der Waals surface area (Å²) in [5.74, 6) is 0.548. The van der Waals surface area contributed by atoms with Crippen LogP contribution in [0.5, 0.6) is 0 Å². The summed E-state index contributed by atoms with van der Waals surface area (Å²) in [4.78, 5) is 25.1. The van der Waals surface area contributed by atoms with E-state index in [-0.39, 0.29) is 23.5 Å². The molecule has 2 aliphatic rings. The smallest absolute Gasteiger partial charge is 0.272 e. The maximum absolute atomic E-state index is 12.7. The van der Waals surface area contributed by atoms with E-state index in [0.717, 1.165) is 31.6 Å². The Balaban J connectivity index is 1.81. The quantitative estimate of drug-likeness (QED) is 0.804. The van der Waals surface area contributed by atoms with Crippen LogP contribution in [0, 0.1) is 6.92 Å². The van der Waals surface area contributed by atoms with E-state index in [0.29, 0.717) is 18.1 Å². The number of aryl methyl sites for hydroxylation is 1. The van der Waals surface area contributed by atoms with Crippen molar-refractivity contribution >= 4 is 21.7 Å². The summed E-state index contributed by atoms with van der Waals surface area (Å²) in [6, 6.07) is 1.40. The van der Waals surface area contributed by atoms with Crippen molar-refractivity contribution in [2.45, 2.75) is 32.2 Å². The van der Waals surface area contributed by atoms with Crippen LogP contribution in [0.4, 0.5) is 5.95 Å². The van der Waals surface area contributed by atoms with Gasteiger partial charge in [-0.25, -0.2) is 18.4 Å². The highest BCUT2D eigenvalue weighted by atomic mass is 32.2. The van der Waals surface area contributed by atoms with Gasteiger partial charge in [-0.15, -0.1) is 0 Å². The second-order valence-corrected chi connectivity index (χ2v) is 8.59. The average Bonchev–Trinajstić information content (AvgIpc) is 3.14. The van der Waals surface area contributed by atoms with Crippen LogP contribution in [0.1, 0.15) is 35.4 Å². The number of hydrogen-bond donors (Lipinski definition) is 0. The summed E-state index contributed by atoms with van der Waals surface area (Å²) < 4.78 is 23.2. The zero-order valence-corrected chi connectivity index (χ0v) is 14.3. The van der Waals surface area contributed by atoms with Crippen molar-refractivity contribution < 1.29 is 13.2 Å². The molecule has 0 aromatic carbocycles. The van der Waals surface area contributed by atoms with E-state index in [1.54, 1.807) is 13.1 Å². The molecule has 0 radical (unpaired) electrons. The Bertz CT molecular complexity index is 713. The number of anilines is 1. The van der Waals surface area contributed by atoms with Crippen LogP contribution in [-0.4, -0.2) is 66.9 Å². The number of amides is 1. The molecule has 0 spiro atoms. The fourth-order valence-electron chi connectivity index (χ4n) is 3.15. The van der Waals surface area contributed by atoms with Gasteiger partial charge in [0.1, 0.15) is 5.69 Å². The molecule has 0 bridgehead atoms. The molecule has 1 atom stereocenters. The average molecular weight is 338 g/mol. The van der Waals surface area contributed by atoms with E-state index in [4.69, 9.17) is 0 Å². The van der Waals surface area contributed by atoms with E-state index in [1.807, 2.05) is 6.92 Å². The highest BCUT2D eigenvalue weighted by Gasteiger charge is 2.33. The standard InChI is InChI=1S/C15H22N4O3S/c1-11-9-13(17-15(16-11)19-6-3-4-7-19)14(20)18(2)12-5-8-23(21,22)10-12/h9,12H,3-8,10H2,1-2H3. The molecule has 1 aromatic rings. The second kappa shape index (κ2) is 6.07. The molecule has 0 aliphatic carbocycles. The van der Waals surface area contributed by atoms with Gasteiger partial charge in [-0.2, -0.15) is 0 Å². The van der Waals surface area contributed by atoms with Crippen LogP contribution in [0.2, 0.25) is 0 Å². The van der Waals surface area contributed by atoms with Crippen molar-refractivity contribution in [2.75, 3.05) is 36.5 Å². The Kier molecular flexibility index (Phi) is 4.27. The third-order valence-corrected chi connectivity index (χ3v) is 6.28. The van der Waals surface area contributed by atoms with Gasteiger partial charge in [0.15, 0.2) is 9.84 Å². The van der Waals surface area contributed by atoms with Crippen molar-refractivity contribution in [3.63, 3.8) is 0 Å². The van der Waals surface area contributed by atoms with Gasteiger partial charge in [-0.1, -0.05) is 0 Å². The van der Waals surface area contributed by atoms with Crippen molar-refractivity contribution in [1.29, 1.82) is 0 Å². The summed E-state index contributed by atoms with van der Waals surface area (Å²) in [6.45, 7) is 3.67. The Morgan fingerprint density at radius 2 is 2.00 bits per heavy atom. The molecule has 1 unspecified atom stereocenters. The maximum atomic E-state index is 12.7. The topological polar surface area (TPSA) is 83.5 Å². The van der Waals surface area contributed by atoms with Crippen LogP contribution in [0.25, 0.3) is 0 Å². The van der Waals surface area contributed by atoms with Gasteiger partial charge >= 0.3 is 0 Å². The van der Waals surface area contributed by atoms with Crippen molar-refractivity contribution in [2.24, 2.45) is 0 Å². The molecule has 8 heteroatoms. The minimum atomic E-state index is -3.02. The van der Waals surface area contributed by atoms with Crippen LogP contribution in [0.3, 0.4) is 0 Å². The third kappa shape index (κ3) is 3.46. The molecule has 23 heavy (non-hydrogen) atoms. The second-order valence-electron chi connectivity index (χ2n) is 6.36. The number of sulfone groups is 1. The van der Waals surface area contributed by atoms with Gasteiger partial charge in [0.2, 0.25) is 5.95 Å². The van der Waals surface area contributed by atoms with Crippen molar-refractivity contribution in [1.82, 2.24) is 14.9 Å². The number of nitrogens with zero attached hydrogens (tertiary/aromatic N) is 4. The largest absolute Gasteiger partial charge is 0.341 e. The Morgan fingerprint density at radius 3 is 2.61 bits per heavy atom. The van der Waals surface area contributed by atoms with Crippen LogP contribution in [-0.2, 0) is 9.84 Å². The number of aromatic nitrogens is 2. The van der Waals surface area contributed by atoms with Gasteiger partial charge < -0.3 is 9.80 Å². The van der Waals surface area contributed by atoms with E-state index in [1.165, 1.54) is 4.90 Å². The summed E-state index contributed by atoms with van der Waals surface area (Å²) in [5.41, 5.74) is 1.09. The maximum Gasteiger partial charge on any atom is 0.272 e. The minimum Gasteiger partial charge on any atom is -0.341 e. The molecule has 2 saturated heterocycles. The SMILES string of the molecule is Cc1cc(C(=O)N(C)C2CCS(=O)(=O)C2)nc(N2CCCC2)n1. The molecule has 0 N–H and O–H groups in total. The van der Waals surface area contributed by atoms with Gasteiger partial charge in [0.25, 0.3) is 5.91 Å². The minimum absolute atomic E-state index is 0.0400. The van der Waals surface area contributed by atoms with Crippen LogP contribution < -0.4 is 4.90 Å². The molecule has 1 amide bonds. The first kappa shape index (κ1) is 16.2. The van der Waals surface area contributed by atoms with E-state index in [9.17, 15) is 13.2 Å². The Labute approximate surface area is 136 Å². The normalized spacial score (nSPS) is 23.2.